The van der Waals surface area contributed by atoms with Crippen LogP contribution < -0.4 is 14.8 Å². The van der Waals surface area contributed by atoms with Gasteiger partial charge >= 0.3 is 6.03 Å². The first-order valence-corrected chi connectivity index (χ1v) is 10.3. The van der Waals surface area contributed by atoms with Gasteiger partial charge in [-0.2, -0.15) is 5.26 Å². The zero-order valence-electron chi connectivity index (χ0n) is 16.1. The molecule has 0 bridgehead atoms. The van der Waals surface area contributed by atoms with Gasteiger partial charge in [0.1, 0.15) is 17.5 Å². The van der Waals surface area contributed by atoms with Gasteiger partial charge in [-0.25, -0.2) is 17.9 Å². The lowest BCUT2D eigenvalue weighted by atomic mass is 9.86. The van der Waals surface area contributed by atoms with Crippen molar-refractivity contribution in [1.82, 2.24) is 10.0 Å². The number of hydrogen-bond acceptors (Lipinski definition) is 6. The van der Waals surface area contributed by atoms with Crippen molar-refractivity contribution in [2.24, 2.45) is 0 Å². The van der Waals surface area contributed by atoms with E-state index in [9.17, 15) is 18.3 Å². The fraction of sp³-hybridized carbons (Fsp3) is 0.300. The summed E-state index contributed by atoms with van der Waals surface area (Å²) in [5, 5.41) is 22.3. The Labute approximate surface area is 169 Å². The normalized spacial score (nSPS) is 20.0. The van der Waals surface area contributed by atoms with Gasteiger partial charge in [0.25, 0.3) is 10.0 Å². The molecule has 3 N–H and O–H groups in total. The van der Waals surface area contributed by atoms with Crippen molar-refractivity contribution < 1.29 is 23.1 Å². The van der Waals surface area contributed by atoms with Crippen molar-refractivity contribution in [2.75, 3.05) is 0 Å². The number of aliphatic hydroxyl groups is 1. The number of rotatable bonds is 3. The molecule has 1 heterocycles. The molecule has 1 aliphatic rings. The molecule has 0 aliphatic carbocycles. The van der Waals surface area contributed by atoms with E-state index in [4.69, 9.17) is 10.00 Å². The first-order valence-electron chi connectivity index (χ1n) is 8.84. The fourth-order valence-corrected chi connectivity index (χ4v) is 4.01. The van der Waals surface area contributed by atoms with Gasteiger partial charge in [-0.1, -0.05) is 17.7 Å². The average molecular weight is 415 g/mol. The van der Waals surface area contributed by atoms with Crippen molar-refractivity contribution in [1.29, 1.82) is 5.26 Å². The SMILES string of the molecule is Cc1ccc(S(=O)(=O)NC(=O)N[C@@H]2c3cc(C#N)ccc3OC(C)(C)[C@H]2O)cc1. The number of carbonyl (C=O) groups excluding carboxylic acids is 1. The van der Waals surface area contributed by atoms with Crippen molar-refractivity contribution in [2.45, 2.75) is 43.4 Å². The maximum Gasteiger partial charge on any atom is 0.329 e. The standard InChI is InChI=1S/C20H21N3O5S/c1-12-4-7-14(8-5-12)29(26,27)23-19(25)22-17-15-10-13(11-21)6-9-16(15)28-20(2,3)18(17)24/h4-10,17-18,24H,1-3H3,(H2,22,23,25)/t17-,18+/m1/s1. The van der Waals surface area contributed by atoms with Gasteiger partial charge in [-0.05, 0) is 51.1 Å². The van der Waals surface area contributed by atoms with E-state index in [1.807, 2.05) is 17.7 Å². The van der Waals surface area contributed by atoms with E-state index in [0.29, 0.717) is 16.9 Å². The molecule has 3 rings (SSSR count). The van der Waals surface area contributed by atoms with Crippen molar-refractivity contribution in [3.8, 4) is 11.8 Å². The summed E-state index contributed by atoms with van der Waals surface area (Å²) in [4.78, 5) is 12.4. The smallest absolute Gasteiger partial charge is 0.329 e. The van der Waals surface area contributed by atoms with Crippen LogP contribution in [0.1, 0.15) is 36.6 Å². The van der Waals surface area contributed by atoms with Crippen molar-refractivity contribution >= 4 is 16.1 Å². The topological polar surface area (TPSA) is 129 Å². The third kappa shape index (κ3) is 4.18. The number of nitrogens with one attached hydrogen (secondary N) is 2. The largest absolute Gasteiger partial charge is 0.485 e. The van der Waals surface area contributed by atoms with E-state index in [1.165, 1.54) is 18.2 Å². The second-order valence-electron chi connectivity index (χ2n) is 7.38. The second kappa shape index (κ2) is 7.39. The molecular formula is C20H21N3O5S. The minimum absolute atomic E-state index is 0.0572. The van der Waals surface area contributed by atoms with E-state index in [0.717, 1.165) is 5.56 Å². The summed E-state index contributed by atoms with van der Waals surface area (Å²) >= 11 is 0. The molecule has 8 nitrogen and oxygen atoms in total. The van der Waals surface area contributed by atoms with E-state index in [1.54, 1.807) is 38.1 Å². The van der Waals surface area contributed by atoms with Gasteiger partial charge < -0.3 is 15.2 Å². The molecule has 2 aromatic carbocycles. The number of aryl methyl sites for hydroxylation is 1. The zero-order valence-corrected chi connectivity index (χ0v) is 16.9. The summed E-state index contributed by atoms with van der Waals surface area (Å²) in [7, 11) is -4.09. The van der Waals surface area contributed by atoms with Crippen LogP contribution in [0, 0.1) is 18.3 Å². The van der Waals surface area contributed by atoms with Gasteiger partial charge in [-0.3, -0.25) is 0 Å². The highest BCUT2D eigenvalue weighted by Gasteiger charge is 2.44. The minimum atomic E-state index is -4.09. The Balaban J connectivity index is 1.87. The van der Waals surface area contributed by atoms with Gasteiger partial charge in [-0.15, -0.1) is 0 Å². The van der Waals surface area contributed by atoms with Crippen LogP contribution in [0.2, 0.25) is 0 Å². The number of urea groups is 1. The average Bonchev–Trinajstić information content (AvgIpc) is 2.65. The van der Waals surface area contributed by atoms with E-state index >= 15 is 0 Å². The summed E-state index contributed by atoms with van der Waals surface area (Å²) in [6.45, 7) is 5.11. The summed E-state index contributed by atoms with van der Waals surface area (Å²) in [6, 6.07) is 10.7. The number of benzene rings is 2. The number of fused-ring (bicyclic) bond motifs is 1. The molecule has 0 fully saturated rings. The summed E-state index contributed by atoms with van der Waals surface area (Å²) in [5.41, 5.74) is 0.540. The first-order chi connectivity index (χ1) is 13.5. The number of sulfonamides is 1. The third-order valence-electron chi connectivity index (χ3n) is 4.72. The first kappa shape index (κ1) is 20.6. The molecule has 0 spiro atoms. The molecule has 0 saturated carbocycles. The van der Waals surface area contributed by atoms with Gasteiger partial charge in [0.15, 0.2) is 0 Å². The molecule has 1 aliphatic heterocycles. The van der Waals surface area contributed by atoms with Crippen LogP contribution >= 0.6 is 0 Å². The lowest BCUT2D eigenvalue weighted by molar-refractivity contribution is -0.0620. The monoisotopic (exact) mass is 415 g/mol. The predicted molar refractivity (Wildman–Crippen MR) is 105 cm³/mol. The fourth-order valence-electron chi connectivity index (χ4n) is 3.09. The molecule has 29 heavy (non-hydrogen) atoms. The minimum Gasteiger partial charge on any atom is -0.485 e. The number of nitriles is 1. The Morgan fingerprint density at radius 1 is 1.21 bits per heavy atom. The van der Waals surface area contributed by atoms with Crippen molar-refractivity contribution in [3.05, 3.63) is 59.2 Å². The van der Waals surface area contributed by atoms with Gasteiger partial charge in [0.05, 0.1) is 22.6 Å². The number of carbonyl (C=O) groups is 1. The Morgan fingerprint density at radius 2 is 1.86 bits per heavy atom. The number of nitrogens with zero attached hydrogens (tertiary/aromatic N) is 1. The molecule has 0 radical (unpaired) electrons. The van der Waals surface area contributed by atoms with Crippen LogP contribution in [0.3, 0.4) is 0 Å². The van der Waals surface area contributed by atoms with Crippen LogP contribution in [-0.2, 0) is 10.0 Å². The van der Waals surface area contributed by atoms with Gasteiger partial charge in [0, 0.05) is 5.56 Å². The number of amides is 2. The molecule has 0 unspecified atom stereocenters. The molecule has 0 saturated heterocycles. The Morgan fingerprint density at radius 3 is 2.48 bits per heavy atom. The Hall–Kier alpha value is -3.09. The molecule has 2 aromatic rings. The highest BCUT2D eigenvalue weighted by atomic mass is 32.2. The molecule has 2 amide bonds. The predicted octanol–water partition coefficient (Wildman–Crippen LogP) is 2.13. The maximum atomic E-state index is 12.5. The third-order valence-corrected chi connectivity index (χ3v) is 6.07. The van der Waals surface area contributed by atoms with Crippen LogP contribution in [0.5, 0.6) is 5.75 Å². The molecule has 9 heteroatoms. The second-order valence-corrected chi connectivity index (χ2v) is 9.07. The summed E-state index contributed by atoms with van der Waals surface area (Å²) in [6.07, 6.45) is -1.18. The van der Waals surface area contributed by atoms with Gasteiger partial charge in [0.2, 0.25) is 0 Å². The molecule has 0 aromatic heterocycles. The van der Waals surface area contributed by atoms with Crippen LogP contribution in [0.4, 0.5) is 4.79 Å². The molecule has 152 valence electrons. The highest BCUT2D eigenvalue weighted by molar-refractivity contribution is 7.90. The van der Waals surface area contributed by atoms with E-state index in [-0.39, 0.29) is 4.90 Å². The molecular weight excluding hydrogens is 394 g/mol. The van der Waals surface area contributed by atoms with Crippen LogP contribution in [0.25, 0.3) is 0 Å². The lowest BCUT2D eigenvalue weighted by Crippen LogP contribution is -2.55. The summed E-state index contributed by atoms with van der Waals surface area (Å²) in [5.74, 6) is 0.394. The summed E-state index contributed by atoms with van der Waals surface area (Å²) < 4.78 is 32.6. The Kier molecular flexibility index (Phi) is 5.26. The number of aliphatic hydroxyl groups excluding tert-OH is 1. The zero-order chi connectivity index (χ0) is 21.4. The maximum absolute atomic E-state index is 12.5. The van der Waals surface area contributed by atoms with Crippen LogP contribution in [0.15, 0.2) is 47.4 Å². The van der Waals surface area contributed by atoms with E-state index < -0.39 is 33.8 Å². The Bertz CT molecular complexity index is 1090. The number of ether oxygens (including phenoxy) is 1. The van der Waals surface area contributed by atoms with E-state index in [2.05, 4.69) is 5.32 Å². The molecule has 2 atom stereocenters. The highest BCUT2D eigenvalue weighted by Crippen LogP contribution is 2.40. The van der Waals surface area contributed by atoms with Crippen LogP contribution in [-0.4, -0.2) is 31.3 Å². The number of hydrogen-bond donors (Lipinski definition) is 3. The van der Waals surface area contributed by atoms with Crippen molar-refractivity contribution in [3.63, 3.8) is 0 Å². The lowest BCUT2D eigenvalue weighted by Gasteiger charge is -2.42. The quantitative estimate of drug-likeness (QED) is 0.704.